The molecule has 0 N–H and O–H groups in total. The average Bonchev–Trinajstić information content (AvgIpc) is 3.11. The molecule has 0 aromatic carbocycles. The molecule has 0 spiro atoms. The van der Waals surface area contributed by atoms with E-state index < -0.39 is 0 Å². The molecule has 4 aromatic rings. The number of hydrogen-bond acceptors (Lipinski definition) is 6. The van der Waals surface area contributed by atoms with E-state index in [-0.39, 0.29) is 11.1 Å². The van der Waals surface area contributed by atoms with Crippen molar-refractivity contribution in [1.29, 1.82) is 0 Å². The minimum Gasteiger partial charge on any atom is -0.287 e. The number of hydrogen-bond donors (Lipinski definition) is 0. The van der Waals surface area contributed by atoms with Crippen molar-refractivity contribution in [2.45, 2.75) is 57.0 Å². The second-order valence-electron chi connectivity index (χ2n) is 7.64. The smallest absolute Gasteiger partial charge is 0.263 e. The summed E-state index contributed by atoms with van der Waals surface area (Å²) in [5.74, 6) is 0.489. The molecule has 0 bridgehead atoms. The molecule has 4 heterocycles. The van der Waals surface area contributed by atoms with Gasteiger partial charge in [0.05, 0.1) is 11.1 Å². The van der Waals surface area contributed by atoms with E-state index in [1.807, 2.05) is 26.0 Å². The second kappa shape index (κ2) is 7.67. The Morgan fingerprint density at radius 1 is 1.17 bits per heavy atom. The molecule has 6 nitrogen and oxygen atoms in total. The molecule has 154 valence electrons. The summed E-state index contributed by atoms with van der Waals surface area (Å²) in [6.07, 6.45) is 6.15. The fraction of sp³-hybridized carbons (Fsp3) is 0.364. The van der Waals surface area contributed by atoms with Crippen LogP contribution in [0, 0.1) is 6.92 Å². The van der Waals surface area contributed by atoms with Crippen LogP contribution in [0.4, 0.5) is 0 Å². The topological polar surface area (TPSA) is 69.3 Å². The Balaban J connectivity index is 1.52. The van der Waals surface area contributed by atoms with E-state index >= 15 is 0 Å². The van der Waals surface area contributed by atoms with Gasteiger partial charge in [0.25, 0.3) is 11.1 Å². The van der Waals surface area contributed by atoms with Gasteiger partial charge in [0.2, 0.25) is 0 Å². The highest BCUT2D eigenvalue weighted by Crippen LogP contribution is 2.35. The first kappa shape index (κ1) is 19.5. The molecule has 0 saturated heterocycles. The first-order valence-corrected chi connectivity index (χ1v) is 12.0. The number of aryl methyl sites for hydroxylation is 3. The highest BCUT2D eigenvalue weighted by Gasteiger charge is 2.22. The van der Waals surface area contributed by atoms with Crippen LogP contribution in [0.1, 0.15) is 41.5 Å². The summed E-state index contributed by atoms with van der Waals surface area (Å²) in [6.45, 7) is 4.49. The van der Waals surface area contributed by atoms with E-state index in [9.17, 15) is 9.59 Å². The molecular weight excluding hydrogens is 416 g/mol. The number of pyridine rings is 1. The zero-order valence-corrected chi connectivity index (χ0v) is 18.6. The zero-order chi connectivity index (χ0) is 20.8. The second-order valence-corrected chi connectivity index (χ2v) is 9.67. The summed E-state index contributed by atoms with van der Waals surface area (Å²) in [5.41, 5.74) is 3.52. The monoisotopic (exact) mass is 438 g/mol. The van der Waals surface area contributed by atoms with E-state index in [4.69, 9.17) is 4.98 Å². The maximum absolute atomic E-state index is 13.2. The predicted molar refractivity (Wildman–Crippen MR) is 122 cm³/mol. The molecular formula is C22H22N4O2S2. The van der Waals surface area contributed by atoms with Gasteiger partial charge < -0.3 is 0 Å². The van der Waals surface area contributed by atoms with Gasteiger partial charge in [-0.2, -0.15) is 0 Å². The first-order chi connectivity index (χ1) is 14.5. The minimum atomic E-state index is -0.0958. The van der Waals surface area contributed by atoms with Crippen molar-refractivity contribution in [3.63, 3.8) is 0 Å². The Labute approximate surface area is 181 Å². The Kier molecular flexibility index (Phi) is 4.99. The van der Waals surface area contributed by atoms with Crippen LogP contribution in [-0.4, -0.2) is 18.9 Å². The van der Waals surface area contributed by atoms with Gasteiger partial charge in [-0.05, 0) is 56.7 Å². The summed E-state index contributed by atoms with van der Waals surface area (Å²) in [4.78, 5) is 37.3. The third kappa shape index (κ3) is 3.28. The number of thioether (sulfide) groups is 1. The van der Waals surface area contributed by atoms with Crippen molar-refractivity contribution < 1.29 is 0 Å². The van der Waals surface area contributed by atoms with Crippen molar-refractivity contribution in [3.05, 3.63) is 66.8 Å². The summed E-state index contributed by atoms with van der Waals surface area (Å²) in [6, 6.07) is 5.37. The third-order valence-electron chi connectivity index (χ3n) is 5.57. The van der Waals surface area contributed by atoms with Crippen LogP contribution in [-0.2, 0) is 25.1 Å². The van der Waals surface area contributed by atoms with Crippen molar-refractivity contribution in [2.24, 2.45) is 0 Å². The van der Waals surface area contributed by atoms with Crippen LogP contribution in [0.15, 0.2) is 39.1 Å². The van der Waals surface area contributed by atoms with Gasteiger partial charge in [-0.15, -0.1) is 11.3 Å². The third-order valence-corrected chi connectivity index (χ3v) is 7.76. The fourth-order valence-corrected chi connectivity index (χ4v) is 6.34. The normalized spacial score (nSPS) is 13.8. The van der Waals surface area contributed by atoms with Crippen molar-refractivity contribution in [2.75, 3.05) is 0 Å². The highest BCUT2D eigenvalue weighted by molar-refractivity contribution is 7.98. The highest BCUT2D eigenvalue weighted by atomic mass is 32.2. The van der Waals surface area contributed by atoms with Crippen LogP contribution in [0.2, 0.25) is 0 Å². The summed E-state index contributed by atoms with van der Waals surface area (Å²) >= 11 is 3.14. The fourth-order valence-electron chi connectivity index (χ4n) is 4.08. The van der Waals surface area contributed by atoms with Gasteiger partial charge in [-0.3, -0.25) is 18.6 Å². The molecule has 0 fully saturated rings. The number of thiophene rings is 1. The van der Waals surface area contributed by atoms with Crippen molar-refractivity contribution in [1.82, 2.24) is 18.9 Å². The Bertz CT molecular complexity index is 1400. The summed E-state index contributed by atoms with van der Waals surface area (Å²) in [7, 11) is 0. The molecule has 1 aliphatic rings. The summed E-state index contributed by atoms with van der Waals surface area (Å²) in [5, 5.41) is 1.51. The predicted octanol–water partition coefficient (Wildman–Crippen LogP) is 3.97. The van der Waals surface area contributed by atoms with Crippen LogP contribution < -0.4 is 11.1 Å². The Morgan fingerprint density at radius 3 is 2.83 bits per heavy atom. The van der Waals surface area contributed by atoms with E-state index in [0.29, 0.717) is 28.8 Å². The molecule has 0 unspecified atom stereocenters. The molecule has 1 aliphatic carbocycles. The van der Waals surface area contributed by atoms with Gasteiger partial charge in [-0.25, -0.2) is 9.97 Å². The van der Waals surface area contributed by atoms with Crippen LogP contribution >= 0.6 is 23.1 Å². The molecule has 0 aliphatic heterocycles. The molecule has 0 radical (unpaired) electrons. The van der Waals surface area contributed by atoms with Gasteiger partial charge in [0.15, 0.2) is 5.16 Å². The largest absolute Gasteiger partial charge is 0.287 e. The van der Waals surface area contributed by atoms with Gasteiger partial charge in [0, 0.05) is 29.4 Å². The Morgan fingerprint density at radius 2 is 2.00 bits per heavy atom. The first-order valence-electron chi connectivity index (χ1n) is 10.2. The number of rotatable bonds is 4. The van der Waals surface area contributed by atoms with E-state index in [1.54, 1.807) is 32.6 Å². The van der Waals surface area contributed by atoms with E-state index in [2.05, 4.69) is 4.98 Å². The SMILES string of the molecule is CCn1c(SCc2cc(=O)n3cc(C)ccc3n2)nc2sc3c(c2c1=O)CCCC3. The molecule has 8 heteroatoms. The van der Waals surface area contributed by atoms with E-state index in [1.165, 1.54) is 28.6 Å². The lowest BCUT2D eigenvalue weighted by atomic mass is 9.97. The standard InChI is InChI=1S/C22H22N4O2S2/c1-3-25-21(28)19-15-6-4-5-7-16(15)30-20(19)24-22(25)29-12-14-10-18(27)26-11-13(2)8-9-17(26)23-14/h8-11H,3-7,12H2,1-2H3. The quantitative estimate of drug-likeness (QED) is 0.356. The van der Waals surface area contributed by atoms with Crippen molar-refractivity contribution >= 4 is 39.0 Å². The van der Waals surface area contributed by atoms with Crippen LogP contribution in [0.5, 0.6) is 0 Å². The Hall–Kier alpha value is -2.45. The lowest BCUT2D eigenvalue weighted by molar-refractivity contribution is 0.633. The maximum Gasteiger partial charge on any atom is 0.263 e. The number of fused-ring (bicyclic) bond motifs is 4. The van der Waals surface area contributed by atoms with Gasteiger partial charge in [0.1, 0.15) is 10.5 Å². The van der Waals surface area contributed by atoms with Crippen LogP contribution in [0.25, 0.3) is 15.9 Å². The molecule has 30 heavy (non-hydrogen) atoms. The molecule has 0 amide bonds. The van der Waals surface area contributed by atoms with Gasteiger partial charge >= 0.3 is 0 Å². The summed E-state index contributed by atoms with van der Waals surface area (Å²) < 4.78 is 3.32. The van der Waals surface area contributed by atoms with Gasteiger partial charge in [-0.1, -0.05) is 17.8 Å². The maximum atomic E-state index is 13.2. The average molecular weight is 439 g/mol. The zero-order valence-electron chi connectivity index (χ0n) is 17.0. The van der Waals surface area contributed by atoms with Crippen LogP contribution in [0.3, 0.4) is 0 Å². The number of nitrogens with zero attached hydrogens (tertiary/aromatic N) is 4. The minimum absolute atomic E-state index is 0.0615. The lowest BCUT2D eigenvalue weighted by Gasteiger charge is -2.12. The van der Waals surface area contributed by atoms with Crippen molar-refractivity contribution in [3.8, 4) is 0 Å². The molecule has 5 rings (SSSR count). The number of aromatic nitrogens is 4. The van der Waals surface area contributed by atoms with E-state index in [0.717, 1.165) is 35.0 Å². The molecule has 4 aromatic heterocycles. The lowest BCUT2D eigenvalue weighted by Crippen LogP contribution is -2.23. The molecule has 0 saturated carbocycles. The molecule has 0 atom stereocenters.